The third kappa shape index (κ3) is 6.09. The van der Waals surface area contributed by atoms with Gasteiger partial charge in [-0.3, -0.25) is 24.7 Å². The Bertz CT molecular complexity index is 931. The zero-order valence-electron chi connectivity index (χ0n) is 16.6. The minimum atomic E-state index is -0.807. The Balaban J connectivity index is 2.37. The summed E-state index contributed by atoms with van der Waals surface area (Å²) < 4.78 is 9.52. The van der Waals surface area contributed by atoms with Crippen molar-refractivity contribution in [3.8, 4) is 0 Å². The molecule has 0 N–H and O–H groups in total. The summed E-state index contributed by atoms with van der Waals surface area (Å²) in [5, 5.41) is 11.2. The lowest BCUT2D eigenvalue weighted by Gasteiger charge is -2.22. The summed E-state index contributed by atoms with van der Waals surface area (Å²) in [6.07, 6.45) is 3.09. The van der Waals surface area contributed by atoms with Gasteiger partial charge in [0.15, 0.2) is 0 Å². The fourth-order valence-electron chi connectivity index (χ4n) is 2.68. The maximum absolute atomic E-state index is 13.1. The molecule has 10 nitrogen and oxygen atoms in total. The molecule has 0 fully saturated rings. The van der Waals surface area contributed by atoms with Crippen LogP contribution in [0.1, 0.15) is 39.6 Å². The van der Waals surface area contributed by atoms with Crippen molar-refractivity contribution in [2.75, 3.05) is 20.3 Å². The average molecular weight is 415 g/mol. The maximum Gasteiger partial charge on any atom is 0.338 e. The highest BCUT2D eigenvalue weighted by Gasteiger charge is 2.23. The number of pyridine rings is 1. The van der Waals surface area contributed by atoms with E-state index < -0.39 is 28.5 Å². The Kier molecular flexibility index (Phi) is 7.98. The maximum atomic E-state index is 13.1. The number of aromatic nitrogens is 1. The van der Waals surface area contributed by atoms with Gasteiger partial charge in [0.1, 0.15) is 0 Å². The summed E-state index contributed by atoms with van der Waals surface area (Å²) >= 11 is 0. The first-order valence-corrected chi connectivity index (χ1v) is 9.07. The van der Waals surface area contributed by atoms with Crippen LogP contribution in [0.2, 0.25) is 0 Å². The van der Waals surface area contributed by atoms with E-state index in [4.69, 9.17) is 4.74 Å². The Labute approximate surface area is 172 Å². The van der Waals surface area contributed by atoms with E-state index >= 15 is 0 Å². The topological polar surface area (TPSA) is 129 Å². The monoisotopic (exact) mass is 415 g/mol. The molecule has 1 aromatic carbocycles. The molecule has 158 valence electrons. The first-order chi connectivity index (χ1) is 14.3. The molecule has 1 amide bonds. The number of amides is 1. The number of carbonyl (C=O) groups excluding carboxylic acids is 3. The van der Waals surface area contributed by atoms with Gasteiger partial charge in [0, 0.05) is 43.2 Å². The predicted octanol–water partition coefficient (Wildman–Crippen LogP) is 2.37. The fourth-order valence-corrected chi connectivity index (χ4v) is 2.68. The van der Waals surface area contributed by atoms with Crippen LogP contribution in [-0.4, -0.2) is 52.9 Å². The highest BCUT2D eigenvalue weighted by molar-refractivity contribution is 5.99. The minimum absolute atomic E-state index is 0.0167. The molecule has 0 spiro atoms. The van der Waals surface area contributed by atoms with E-state index in [1.807, 2.05) is 0 Å². The van der Waals surface area contributed by atoms with E-state index in [1.165, 1.54) is 11.0 Å². The van der Waals surface area contributed by atoms with Crippen LogP contribution in [0.25, 0.3) is 0 Å². The smallest absolute Gasteiger partial charge is 0.338 e. The highest BCUT2D eigenvalue weighted by Crippen LogP contribution is 2.20. The van der Waals surface area contributed by atoms with Gasteiger partial charge in [-0.15, -0.1) is 0 Å². The van der Waals surface area contributed by atoms with Crippen molar-refractivity contribution < 1.29 is 28.8 Å². The molecule has 0 unspecified atom stereocenters. The third-order valence-electron chi connectivity index (χ3n) is 4.07. The lowest BCUT2D eigenvalue weighted by Crippen LogP contribution is -2.33. The lowest BCUT2D eigenvalue weighted by atomic mass is 10.1. The van der Waals surface area contributed by atoms with Crippen LogP contribution < -0.4 is 0 Å². The van der Waals surface area contributed by atoms with Crippen LogP contribution in [0.4, 0.5) is 5.69 Å². The van der Waals surface area contributed by atoms with Crippen molar-refractivity contribution >= 4 is 23.5 Å². The van der Waals surface area contributed by atoms with Gasteiger partial charge >= 0.3 is 11.9 Å². The Morgan fingerprint density at radius 2 is 1.93 bits per heavy atom. The number of rotatable bonds is 9. The Morgan fingerprint density at radius 1 is 1.20 bits per heavy atom. The summed E-state index contributed by atoms with van der Waals surface area (Å²) in [7, 11) is 1.14. The summed E-state index contributed by atoms with van der Waals surface area (Å²) in [4.78, 5) is 52.7. The summed E-state index contributed by atoms with van der Waals surface area (Å²) in [5.74, 6) is -1.87. The Morgan fingerprint density at radius 3 is 2.53 bits per heavy atom. The van der Waals surface area contributed by atoms with Gasteiger partial charge < -0.3 is 14.4 Å². The quantitative estimate of drug-likeness (QED) is 0.347. The number of nitrogens with zero attached hydrogens (tertiary/aromatic N) is 3. The third-order valence-corrected chi connectivity index (χ3v) is 4.07. The van der Waals surface area contributed by atoms with Gasteiger partial charge in [0.25, 0.3) is 11.6 Å². The molecule has 30 heavy (non-hydrogen) atoms. The van der Waals surface area contributed by atoms with Crippen LogP contribution >= 0.6 is 0 Å². The number of nitro benzene ring substituents is 1. The van der Waals surface area contributed by atoms with Crippen molar-refractivity contribution in [3.63, 3.8) is 0 Å². The molecular weight excluding hydrogens is 394 g/mol. The minimum Gasteiger partial charge on any atom is -0.466 e. The number of methoxy groups -OCH3 is 1. The number of esters is 2. The van der Waals surface area contributed by atoms with E-state index in [0.717, 1.165) is 19.2 Å². The molecule has 2 rings (SSSR count). The van der Waals surface area contributed by atoms with Gasteiger partial charge in [0.2, 0.25) is 0 Å². The number of hydrogen-bond donors (Lipinski definition) is 0. The molecule has 0 aliphatic heterocycles. The Hall–Kier alpha value is -3.82. The predicted molar refractivity (Wildman–Crippen MR) is 105 cm³/mol. The standard InChI is InChI=1S/C20H21N3O7/c1-3-30-18(24)6-8-22(13-14-5-4-7-21-12-14)19(25)15-9-16(20(26)29-2)11-17(10-15)23(27)28/h4-5,7,9-12H,3,6,8,13H2,1-2H3. The van der Waals surface area contributed by atoms with E-state index in [-0.39, 0.29) is 37.2 Å². The largest absolute Gasteiger partial charge is 0.466 e. The number of non-ortho nitro benzene ring substituents is 1. The van der Waals surface area contributed by atoms with Crippen molar-refractivity contribution in [3.05, 3.63) is 69.5 Å². The second kappa shape index (κ2) is 10.6. The summed E-state index contributed by atoms with van der Waals surface area (Å²) in [6.45, 7) is 2.02. The SMILES string of the molecule is CCOC(=O)CCN(Cc1cccnc1)C(=O)c1cc(C(=O)OC)cc([N+](=O)[O-])c1. The molecule has 0 atom stereocenters. The molecule has 1 aromatic heterocycles. The second-order valence-electron chi connectivity index (χ2n) is 6.16. The first-order valence-electron chi connectivity index (χ1n) is 9.07. The molecule has 0 saturated carbocycles. The van der Waals surface area contributed by atoms with Gasteiger partial charge in [-0.25, -0.2) is 4.79 Å². The number of benzene rings is 1. The zero-order valence-corrected chi connectivity index (χ0v) is 16.6. The van der Waals surface area contributed by atoms with E-state index in [2.05, 4.69) is 9.72 Å². The first kappa shape index (κ1) is 22.5. The number of ether oxygens (including phenoxy) is 2. The van der Waals surface area contributed by atoms with E-state index in [1.54, 1.807) is 31.5 Å². The molecular formula is C20H21N3O7. The lowest BCUT2D eigenvalue weighted by molar-refractivity contribution is -0.384. The number of nitro groups is 1. The number of hydrogen-bond acceptors (Lipinski definition) is 8. The van der Waals surface area contributed by atoms with Gasteiger partial charge in [-0.2, -0.15) is 0 Å². The van der Waals surface area contributed by atoms with Crippen molar-refractivity contribution in [2.24, 2.45) is 0 Å². The molecule has 1 heterocycles. The normalized spacial score (nSPS) is 10.2. The van der Waals surface area contributed by atoms with Gasteiger partial charge in [-0.1, -0.05) is 6.07 Å². The van der Waals surface area contributed by atoms with Crippen LogP contribution in [0.3, 0.4) is 0 Å². The molecule has 10 heteroatoms. The molecule has 0 bridgehead atoms. The average Bonchev–Trinajstić information content (AvgIpc) is 2.76. The van der Waals surface area contributed by atoms with Gasteiger partial charge in [0.05, 0.1) is 30.6 Å². The van der Waals surface area contributed by atoms with Crippen molar-refractivity contribution in [1.29, 1.82) is 0 Å². The van der Waals surface area contributed by atoms with Crippen LogP contribution in [0, 0.1) is 10.1 Å². The van der Waals surface area contributed by atoms with E-state index in [0.29, 0.717) is 5.56 Å². The van der Waals surface area contributed by atoms with Crippen LogP contribution in [0.15, 0.2) is 42.7 Å². The van der Waals surface area contributed by atoms with Crippen LogP contribution in [-0.2, 0) is 20.8 Å². The second-order valence-corrected chi connectivity index (χ2v) is 6.16. The van der Waals surface area contributed by atoms with Crippen molar-refractivity contribution in [1.82, 2.24) is 9.88 Å². The molecule has 0 saturated heterocycles. The molecule has 0 radical (unpaired) electrons. The highest BCUT2D eigenvalue weighted by atomic mass is 16.6. The van der Waals surface area contributed by atoms with E-state index in [9.17, 15) is 24.5 Å². The van der Waals surface area contributed by atoms with Gasteiger partial charge in [-0.05, 0) is 24.6 Å². The molecule has 2 aromatic rings. The summed E-state index contributed by atoms with van der Waals surface area (Å²) in [6, 6.07) is 6.79. The fraction of sp³-hybridized carbons (Fsp3) is 0.300. The number of carbonyl (C=O) groups is 3. The molecule has 0 aliphatic rings. The van der Waals surface area contributed by atoms with Crippen LogP contribution in [0.5, 0.6) is 0 Å². The summed E-state index contributed by atoms with van der Waals surface area (Å²) in [5.41, 5.74) is 0.0837. The van der Waals surface area contributed by atoms with Crippen molar-refractivity contribution in [2.45, 2.75) is 19.9 Å². The molecule has 0 aliphatic carbocycles. The zero-order chi connectivity index (χ0) is 22.1.